The molecule has 1 aliphatic carbocycles. The van der Waals surface area contributed by atoms with Gasteiger partial charge in [-0.15, -0.1) is 0 Å². The minimum Gasteiger partial charge on any atom is -0.394 e. The van der Waals surface area contributed by atoms with Crippen LogP contribution in [0.25, 0.3) is 0 Å². The summed E-state index contributed by atoms with van der Waals surface area (Å²) in [6.45, 7) is 0.676. The first-order chi connectivity index (χ1) is 20.9. The second-order valence-electron chi connectivity index (χ2n) is 11.7. The average molecular weight is 644 g/mol. The molecule has 19 nitrogen and oxygen atoms in total. The molecule has 258 valence electrons. The van der Waals surface area contributed by atoms with Crippen molar-refractivity contribution in [3.8, 4) is 0 Å². The first-order valence-electron chi connectivity index (χ1n) is 14.8. The fourth-order valence-corrected chi connectivity index (χ4v) is 6.12. The van der Waals surface area contributed by atoms with Crippen molar-refractivity contribution in [1.82, 2.24) is 5.32 Å². The molecule has 19 atom stereocenters. The maximum atomic E-state index is 11.2. The number of ether oxygens (including phenoxy) is 6. The Hall–Kier alpha value is -0.760. The fraction of sp³-hybridized carbons (Fsp3) is 1.00. The van der Waals surface area contributed by atoms with Gasteiger partial charge in [0.25, 0.3) is 0 Å². The summed E-state index contributed by atoms with van der Waals surface area (Å²) in [4.78, 5) is 0. The number of hydrogen-bond donors (Lipinski definition) is 13. The molecule has 44 heavy (non-hydrogen) atoms. The molecule has 1 saturated carbocycles. The van der Waals surface area contributed by atoms with Crippen LogP contribution in [0.1, 0.15) is 13.3 Å². The number of likely N-dealkylation sites (N-methyl/N-ethyl adjacent to an activating group) is 1. The largest absolute Gasteiger partial charge is 0.394 e. The lowest BCUT2D eigenvalue weighted by molar-refractivity contribution is -0.313. The highest BCUT2D eigenvalue weighted by Gasteiger charge is 2.54. The first kappa shape index (κ1) is 36.1. The minimum atomic E-state index is -1.61. The minimum absolute atomic E-state index is 0.0887. The summed E-state index contributed by atoms with van der Waals surface area (Å²) < 4.78 is 35.0. The molecule has 0 radical (unpaired) electrons. The summed E-state index contributed by atoms with van der Waals surface area (Å²) in [5.74, 6) is 0. The van der Waals surface area contributed by atoms with E-state index < -0.39 is 129 Å². The number of aliphatic hydroxyl groups is 8. The van der Waals surface area contributed by atoms with Gasteiger partial charge in [0.2, 0.25) is 0 Å². The summed E-state index contributed by atoms with van der Waals surface area (Å²) in [5, 5.41) is 86.4. The van der Waals surface area contributed by atoms with E-state index in [2.05, 4.69) is 5.32 Å². The molecule has 4 rings (SSSR count). The van der Waals surface area contributed by atoms with E-state index in [4.69, 9.17) is 51.4 Å². The molecule has 0 amide bonds. The van der Waals surface area contributed by atoms with Crippen LogP contribution >= 0.6 is 0 Å². The van der Waals surface area contributed by atoms with Gasteiger partial charge in [0.15, 0.2) is 18.9 Å². The lowest BCUT2D eigenvalue weighted by atomic mass is 9.84. The molecule has 17 N–H and O–H groups in total. The van der Waals surface area contributed by atoms with Crippen molar-refractivity contribution in [3.63, 3.8) is 0 Å². The highest BCUT2D eigenvalue weighted by molar-refractivity contribution is 5.02. The van der Waals surface area contributed by atoms with Gasteiger partial charge >= 0.3 is 0 Å². The molecule has 19 heteroatoms. The van der Waals surface area contributed by atoms with Crippen LogP contribution in [0.3, 0.4) is 0 Å². The second kappa shape index (κ2) is 15.4. The van der Waals surface area contributed by atoms with E-state index in [0.717, 1.165) is 0 Å². The van der Waals surface area contributed by atoms with Crippen molar-refractivity contribution in [2.75, 3.05) is 26.3 Å². The fourth-order valence-electron chi connectivity index (χ4n) is 6.12. The van der Waals surface area contributed by atoms with Gasteiger partial charge in [-0.2, -0.15) is 0 Å². The van der Waals surface area contributed by atoms with Crippen LogP contribution in [0.5, 0.6) is 0 Å². The van der Waals surface area contributed by atoms with Crippen LogP contribution in [0.2, 0.25) is 0 Å². The number of nitrogens with two attached hydrogens (primary N) is 4. The summed E-state index contributed by atoms with van der Waals surface area (Å²) in [5.41, 5.74) is 24.1. The molecule has 3 heterocycles. The quantitative estimate of drug-likeness (QED) is 0.0993. The SMILES string of the molecule is CCN[C@H]1[C@@H](O[C@H]2[C@H](O[C@@H]3O[C@H](CO)[C@@H](O[C@H]4O[C@@H](CN)[C@@H](O)[C@H](O)[C@H]4N)[C@H]3O)[C@@H](O)[C@H](N)C[C@@H]2N)O[C@H](CO)[C@@H](O)[C@@H]1O. The molecule has 0 unspecified atom stereocenters. The van der Waals surface area contributed by atoms with Gasteiger partial charge in [-0.1, -0.05) is 6.92 Å². The van der Waals surface area contributed by atoms with Crippen LogP contribution < -0.4 is 28.3 Å². The van der Waals surface area contributed by atoms with Crippen molar-refractivity contribution >= 4 is 0 Å². The van der Waals surface area contributed by atoms with E-state index in [1.54, 1.807) is 6.92 Å². The second-order valence-corrected chi connectivity index (χ2v) is 11.7. The zero-order valence-corrected chi connectivity index (χ0v) is 24.3. The Balaban J connectivity index is 1.52. The summed E-state index contributed by atoms with van der Waals surface area (Å²) in [7, 11) is 0. The molecule has 0 aromatic carbocycles. The maximum absolute atomic E-state index is 11.2. The van der Waals surface area contributed by atoms with Gasteiger partial charge in [-0.25, -0.2) is 0 Å². The third-order valence-corrected chi connectivity index (χ3v) is 8.71. The average Bonchev–Trinajstić information content (AvgIpc) is 3.30. The summed E-state index contributed by atoms with van der Waals surface area (Å²) in [6, 6.07) is -3.94. The Kier molecular flexibility index (Phi) is 12.7. The number of nitrogens with one attached hydrogen (secondary N) is 1. The molecule has 4 fully saturated rings. The third kappa shape index (κ3) is 7.21. The van der Waals surface area contributed by atoms with Crippen molar-refractivity contribution < 1.29 is 69.3 Å². The third-order valence-electron chi connectivity index (χ3n) is 8.71. The van der Waals surface area contributed by atoms with Crippen molar-refractivity contribution in [2.24, 2.45) is 22.9 Å². The van der Waals surface area contributed by atoms with Crippen LogP contribution in [-0.4, -0.2) is 183 Å². The molecular formula is C25H49N5O14. The molecule has 3 aliphatic heterocycles. The molecule has 0 spiro atoms. The Bertz CT molecular complexity index is 900. The van der Waals surface area contributed by atoms with E-state index in [1.165, 1.54) is 0 Å². The topological polar surface area (TPSA) is 333 Å². The van der Waals surface area contributed by atoms with Crippen LogP contribution in [0.4, 0.5) is 0 Å². The van der Waals surface area contributed by atoms with Crippen LogP contribution in [0, 0.1) is 0 Å². The maximum Gasteiger partial charge on any atom is 0.187 e. The normalized spacial score (nSPS) is 51.9. The summed E-state index contributed by atoms with van der Waals surface area (Å²) in [6.07, 6.45) is -20.0. The number of rotatable bonds is 11. The predicted octanol–water partition coefficient (Wildman–Crippen LogP) is -8.21. The molecule has 0 aromatic heterocycles. The van der Waals surface area contributed by atoms with E-state index in [9.17, 15) is 40.9 Å². The van der Waals surface area contributed by atoms with E-state index in [-0.39, 0.29) is 13.0 Å². The van der Waals surface area contributed by atoms with E-state index >= 15 is 0 Å². The highest BCUT2D eigenvalue weighted by atomic mass is 16.8. The van der Waals surface area contributed by atoms with E-state index in [1.807, 2.05) is 0 Å². The zero-order chi connectivity index (χ0) is 32.5. The molecule has 0 aromatic rings. The van der Waals surface area contributed by atoms with Crippen molar-refractivity contribution in [2.45, 2.75) is 130 Å². The van der Waals surface area contributed by atoms with Gasteiger partial charge in [-0.3, -0.25) is 0 Å². The zero-order valence-electron chi connectivity index (χ0n) is 24.3. The Morgan fingerprint density at radius 1 is 0.636 bits per heavy atom. The lowest BCUT2D eigenvalue weighted by Gasteiger charge is -2.48. The smallest absolute Gasteiger partial charge is 0.187 e. The van der Waals surface area contributed by atoms with Gasteiger partial charge < -0.3 is 97.5 Å². The Labute approximate surface area is 253 Å². The van der Waals surface area contributed by atoms with Crippen molar-refractivity contribution in [1.29, 1.82) is 0 Å². The number of hydrogen-bond acceptors (Lipinski definition) is 19. The van der Waals surface area contributed by atoms with E-state index in [0.29, 0.717) is 6.54 Å². The van der Waals surface area contributed by atoms with Crippen molar-refractivity contribution in [3.05, 3.63) is 0 Å². The predicted molar refractivity (Wildman–Crippen MR) is 146 cm³/mol. The standard InChI is InChI=1S/C25H49N5O14/c1-2-30-13-18(37)16(35)10(5-31)40-24(13)42-20-8(28)3-7(27)14(33)22(20)44-25-19(38)21(11(6-32)41-25)43-23-12(29)17(36)15(34)9(4-26)39-23/h7-25,30-38H,2-6,26-29H2,1H3/t7-,8+,9+,10-,11-,12-,13-,14+,15-,16-,17-,18-,19-,20-,21-,22-,23-,24-,25+/m1/s1. The van der Waals surface area contributed by atoms with Gasteiger partial charge in [0.1, 0.15) is 67.1 Å². The van der Waals surface area contributed by atoms with Gasteiger partial charge in [0.05, 0.1) is 31.4 Å². The van der Waals surface area contributed by atoms with Gasteiger partial charge in [0, 0.05) is 18.6 Å². The molecule has 3 saturated heterocycles. The summed E-state index contributed by atoms with van der Waals surface area (Å²) >= 11 is 0. The van der Waals surface area contributed by atoms with Crippen LogP contribution in [0.15, 0.2) is 0 Å². The van der Waals surface area contributed by atoms with Gasteiger partial charge in [-0.05, 0) is 13.0 Å². The first-order valence-corrected chi connectivity index (χ1v) is 14.8. The monoisotopic (exact) mass is 643 g/mol. The van der Waals surface area contributed by atoms with Crippen LogP contribution in [-0.2, 0) is 28.4 Å². The number of aliphatic hydroxyl groups excluding tert-OH is 8. The molecular weight excluding hydrogens is 594 g/mol. The highest BCUT2D eigenvalue weighted by Crippen LogP contribution is 2.34. The molecule has 0 bridgehead atoms. The molecule has 4 aliphatic rings. The Morgan fingerprint density at radius 3 is 1.82 bits per heavy atom. The Morgan fingerprint density at radius 2 is 1.20 bits per heavy atom. The lowest BCUT2D eigenvalue weighted by Crippen LogP contribution is -2.68.